The number of benzene rings is 1. The predicted octanol–water partition coefficient (Wildman–Crippen LogP) is 3.26. The highest BCUT2D eigenvalue weighted by atomic mass is 35.5. The number of carbonyl (C=O) groups is 2. The second-order valence-corrected chi connectivity index (χ2v) is 4.96. The van der Waals surface area contributed by atoms with Gasteiger partial charge in [-0.25, -0.2) is 9.59 Å². The fourth-order valence-electron chi connectivity index (χ4n) is 1.30. The van der Waals surface area contributed by atoms with E-state index < -0.39 is 11.9 Å². The number of hydrogen-bond donors (Lipinski definition) is 0. The Morgan fingerprint density at radius 1 is 1.14 bits per heavy atom. The van der Waals surface area contributed by atoms with E-state index in [2.05, 4.69) is 0 Å². The monoisotopic (exact) mass is 334 g/mol. The van der Waals surface area contributed by atoms with Crippen LogP contribution in [0.25, 0.3) is 0 Å². The smallest absolute Gasteiger partial charge is 0.337 e. The summed E-state index contributed by atoms with van der Waals surface area (Å²) < 4.78 is 14.7. The molecule has 0 aliphatic heterocycles. The fourth-order valence-corrected chi connectivity index (χ4v) is 1.75. The molecule has 116 valence electrons. The topological polar surface area (TPSA) is 61.8 Å². The van der Waals surface area contributed by atoms with Gasteiger partial charge in [-0.1, -0.05) is 36.5 Å². The fraction of sp³-hybridized carbons (Fsp3) is 0.429. The first-order valence-corrected chi connectivity index (χ1v) is 7.17. The highest BCUT2D eigenvalue weighted by Gasteiger charge is 2.10. The van der Waals surface area contributed by atoms with Crippen LogP contribution in [0, 0.1) is 0 Å². The zero-order chi connectivity index (χ0) is 15.7. The number of unbranched alkanes of at least 4 members (excludes halogenated alkanes) is 1. The van der Waals surface area contributed by atoms with Crippen molar-refractivity contribution in [2.24, 2.45) is 0 Å². The van der Waals surface area contributed by atoms with Crippen molar-refractivity contribution >= 4 is 35.1 Å². The van der Waals surface area contributed by atoms with E-state index in [4.69, 9.17) is 37.4 Å². The lowest BCUT2D eigenvalue weighted by Gasteiger charge is -2.07. The van der Waals surface area contributed by atoms with Crippen molar-refractivity contribution < 1.29 is 23.8 Å². The van der Waals surface area contributed by atoms with Crippen LogP contribution >= 0.6 is 23.2 Å². The normalized spacial score (nSPS) is 10.2. The molecule has 21 heavy (non-hydrogen) atoms. The maximum Gasteiger partial charge on any atom is 0.337 e. The molecule has 1 aromatic carbocycles. The molecule has 1 rings (SSSR count). The SMILES string of the molecule is CCCCOC(=O)COCC(=O)Oc1ccc(Cl)cc1Cl. The molecular formula is C14H16Cl2O5. The summed E-state index contributed by atoms with van der Waals surface area (Å²) in [6, 6.07) is 4.47. The highest BCUT2D eigenvalue weighted by Crippen LogP contribution is 2.27. The average molecular weight is 335 g/mol. The molecule has 0 spiro atoms. The third-order valence-electron chi connectivity index (χ3n) is 2.32. The van der Waals surface area contributed by atoms with Crippen LogP contribution in [0.3, 0.4) is 0 Å². The summed E-state index contributed by atoms with van der Waals surface area (Å²) in [7, 11) is 0. The van der Waals surface area contributed by atoms with E-state index in [0.29, 0.717) is 11.6 Å². The van der Waals surface area contributed by atoms with Gasteiger partial charge in [0.15, 0.2) is 0 Å². The molecule has 0 aromatic heterocycles. The molecule has 7 heteroatoms. The Morgan fingerprint density at radius 2 is 1.86 bits per heavy atom. The second kappa shape index (κ2) is 9.60. The molecule has 0 radical (unpaired) electrons. The number of ether oxygens (including phenoxy) is 3. The maximum atomic E-state index is 11.5. The Hall–Kier alpha value is -1.30. The Morgan fingerprint density at radius 3 is 2.52 bits per heavy atom. The Kier molecular flexibility index (Phi) is 8.12. The van der Waals surface area contributed by atoms with Gasteiger partial charge in [-0.2, -0.15) is 0 Å². The summed E-state index contributed by atoms with van der Waals surface area (Å²) in [6.07, 6.45) is 1.73. The van der Waals surface area contributed by atoms with E-state index >= 15 is 0 Å². The third kappa shape index (κ3) is 7.32. The molecule has 0 atom stereocenters. The average Bonchev–Trinajstić information content (AvgIpc) is 2.42. The molecule has 0 heterocycles. The number of halogens is 2. The minimum Gasteiger partial charge on any atom is -0.464 e. The van der Waals surface area contributed by atoms with Crippen LogP contribution in [0.2, 0.25) is 10.0 Å². The second-order valence-electron chi connectivity index (χ2n) is 4.12. The summed E-state index contributed by atoms with van der Waals surface area (Å²) in [5, 5.41) is 0.653. The van der Waals surface area contributed by atoms with Crippen LogP contribution < -0.4 is 4.74 Å². The van der Waals surface area contributed by atoms with Crippen LogP contribution in [-0.2, 0) is 19.1 Å². The van der Waals surface area contributed by atoms with E-state index in [9.17, 15) is 9.59 Å². The lowest BCUT2D eigenvalue weighted by Crippen LogP contribution is -2.20. The summed E-state index contributed by atoms with van der Waals surface area (Å²) >= 11 is 11.6. The summed E-state index contributed by atoms with van der Waals surface area (Å²) in [5.74, 6) is -0.999. The molecule has 1 aromatic rings. The highest BCUT2D eigenvalue weighted by molar-refractivity contribution is 6.35. The molecule has 0 saturated heterocycles. The summed E-state index contributed by atoms with van der Waals surface area (Å²) in [4.78, 5) is 22.7. The van der Waals surface area contributed by atoms with Crippen molar-refractivity contribution in [3.8, 4) is 5.75 Å². The number of esters is 2. The van der Waals surface area contributed by atoms with Crippen LogP contribution in [0.15, 0.2) is 18.2 Å². The van der Waals surface area contributed by atoms with Gasteiger partial charge in [0.1, 0.15) is 19.0 Å². The van der Waals surface area contributed by atoms with Crippen LogP contribution in [0.4, 0.5) is 0 Å². The van der Waals surface area contributed by atoms with Gasteiger partial charge in [0.05, 0.1) is 11.6 Å². The molecule has 0 aliphatic rings. The Bertz CT molecular complexity index is 490. The van der Waals surface area contributed by atoms with E-state index in [1.807, 2.05) is 6.92 Å². The predicted molar refractivity (Wildman–Crippen MR) is 78.8 cm³/mol. The molecular weight excluding hydrogens is 319 g/mol. The van der Waals surface area contributed by atoms with E-state index in [-0.39, 0.29) is 24.0 Å². The molecule has 0 N–H and O–H groups in total. The van der Waals surface area contributed by atoms with Gasteiger partial charge in [-0.15, -0.1) is 0 Å². The van der Waals surface area contributed by atoms with Gasteiger partial charge < -0.3 is 14.2 Å². The largest absolute Gasteiger partial charge is 0.464 e. The third-order valence-corrected chi connectivity index (χ3v) is 2.85. The molecule has 0 unspecified atom stereocenters. The van der Waals surface area contributed by atoms with E-state index in [0.717, 1.165) is 12.8 Å². The van der Waals surface area contributed by atoms with Gasteiger partial charge in [0.25, 0.3) is 0 Å². The molecule has 0 bridgehead atoms. The first-order chi connectivity index (χ1) is 10.0. The van der Waals surface area contributed by atoms with Crippen LogP contribution in [-0.4, -0.2) is 31.8 Å². The van der Waals surface area contributed by atoms with Crippen LogP contribution in [0.5, 0.6) is 5.75 Å². The van der Waals surface area contributed by atoms with Crippen molar-refractivity contribution in [2.75, 3.05) is 19.8 Å². The standard InChI is InChI=1S/C14H16Cl2O5/c1-2-3-6-20-13(17)8-19-9-14(18)21-12-5-4-10(15)7-11(12)16/h4-5,7H,2-3,6,8-9H2,1H3. The molecule has 0 saturated carbocycles. The number of rotatable bonds is 8. The summed E-state index contributed by atoms with van der Waals surface area (Å²) in [5.41, 5.74) is 0. The van der Waals surface area contributed by atoms with Crippen LogP contribution in [0.1, 0.15) is 19.8 Å². The molecule has 0 amide bonds. The van der Waals surface area contributed by atoms with E-state index in [1.54, 1.807) is 6.07 Å². The lowest BCUT2D eigenvalue weighted by atomic mass is 10.3. The zero-order valence-electron chi connectivity index (χ0n) is 11.6. The zero-order valence-corrected chi connectivity index (χ0v) is 13.1. The number of hydrogen-bond acceptors (Lipinski definition) is 5. The van der Waals surface area contributed by atoms with Gasteiger partial charge in [0, 0.05) is 5.02 Å². The van der Waals surface area contributed by atoms with Gasteiger partial charge in [-0.05, 0) is 24.6 Å². The van der Waals surface area contributed by atoms with Crippen molar-refractivity contribution in [3.05, 3.63) is 28.2 Å². The first-order valence-electron chi connectivity index (χ1n) is 6.42. The van der Waals surface area contributed by atoms with E-state index in [1.165, 1.54) is 12.1 Å². The first kappa shape index (κ1) is 17.8. The minimum atomic E-state index is -0.666. The molecule has 0 fully saturated rings. The van der Waals surface area contributed by atoms with Gasteiger partial charge >= 0.3 is 11.9 Å². The Balaban J connectivity index is 2.26. The lowest BCUT2D eigenvalue weighted by molar-refractivity contribution is -0.152. The minimum absolute atomic E-state index is 0.181. The van der Waals surface area contributed by atoms with Crippen molar-refractivity contribution in [3.63, 3.8) is 0 Å². The summed E-state index contributed by atoms with van der Waals surface area (Å²) in [6.45, 7) is 1.67. The van der Waals surface area contributed by atoms with Gasteiger partial charge in [0.2, 0.25) is 0 Å². The van der Waals surface area contributed by atoms with Crippen molar-refractivity contribution in [2.45, 2.75) is 19.8 Å². The van der Waals surface area contributed by atoms with Crippen molar-refractivity contribution in [1.29, 1.82) is 0 Å². The molecule has 0 aliphatic carbocycles. The quantitative estimate of drug-likeness (QED) is 0.415. The molecule has 5 nitrogen and oxygen atoms in total. The Labute approximate surface area is 133 Å². The van der Waals surface area contributed by atoms with Gasteiger partial charge in [-0.3, -0.25) is 0 Å². The maximum absolute atomic E-state index is 11.5. The number of carbonyl (C=O) groups excluding carboxylic acids is 2. The van der Waals surface area contributed by atoms with Crippen molar-refractivity contribution in [1.82, 2.24) is 0 Å².